The van der Waals surface area contributed by atoms with Crippen molar-refractivity contribution in [2.45, 2.75) is 6.10 Å². The molecular formula is C19H16ClN3O3. The molecule has 0 unspecified atom stereocenters. The summed E-state index contributed by atoms with van der Waals surface area (Å²) in [6.45, 7) is 0.848. The number of hydrogen-bond donors (Lipinski definition) is 1. The zero-order chi connectivity index (χ0) is 17.9. The molecule has 1 aliphatic heterocycles. The molecule has 7 heteroatoms. The summed E-state index contributed by atoms with van der Waals surface area (Å²) in [4.78, 5) is 12.5. The zero-order valence-corrected chi connectivity index (χ0v) is 14.5. The molecule has 0 fully saturated rings. The highest BCUT2D eigenvalue weighted by atomic mass is 35.5. The van der Waals surface area contributed by atoms with Gasteiger partial charge in [0.05, 0.1) is 24.1 Å². The predicted octanol–water partition coefficient (Wildman–Crippen LogP) is 3.14. The Morgan fingerprint density at radius 2 is 1.85 bits per heavy atom. The van der Waals surface area contributed by atoms with Crippen LogP contribution in [0, 0.1) is 0 Å². The van der Waals surface area contributed by atoms with Crippen LogP contribution in [0.25, 0.3) is 5.69 Å². The van der Waals surface area contributed by atoms with Crippen LogP contribution in [0.15, 0.2) is 65.6 Å². The van der Waals surface area contributed by atoms with Gasteiger partial charge < -0.3 is 14.8 Å². The summed E-state index contributed by atoms with van der Waals surface area (Å²) >= 11 is 6.24. The van der Waals surface area contributed by atoms with Crippen molar-refractivity contribution in [3.63, 3.8) is 0 Å². The van der Waals surface area contributed by atoms with Crippen molar-refractivity contribution in [1.29, 1.82) is 0 Å². The van der Waals surface area contributed by atoms with Gasteiger partial charge in [-0.05, 0) is 24.3 Å². The minimum Gasteiger partial charge on any atom is -0.486 e. The molecule has 0 saturated carbocycles. The van der Waals surface area contributed by atoms with Crippen molar-refractivity contribution in [3.05, 3.63) is 76.2 Å². The lowest BCUT2D eigenvalue weighted by Crippen LogP contribution is -2.35. The first-order valence-corrected chi connectivity index (χ1v) is 8.56. The molecule has 3 aromatic rings. The molecule has 0 aliphatic carbocycles. The molecule has 0 bridgehead atoms. The van der Waals surface area contributed by atoms with Crippen molar-refractivity contribution >= 4 is 17.3 Å². The van der Waals surface area contributed by atoms with Crippen molar-refractivity contribution in [3.8, 4) is 17.2 Å². The topological polar surface area (TPSA) is 65.4 Å². The van der Waals surface area contributed by atoms with Crippen LogP contribution in [0.2, 0.25) is 5.02 Å². The average Bonchev–Trinajstić information content (AvgIpc) is 2.69. The maximum absolute atomic E-state index is 12.5. The van der Waals surface area contributed by atoms with E-state index < -0.39 is 0 Å². The van der Waals surface area contributed by atoms with E-state index in [1.807, 2.05) is 42.5 Å². The fraction of sp³-hybridized carbons (Fsp3) is 0.158. The second-order valence-electron chi connectivity index (χ2n) is 5.80. The molecule has 4 rings (SSSR count). The molecule has 0 amide bonds. The lowest BCUT2D eigenvalue weighted by molar-refractivity contribution is 0.0997. The average molecular weight is 370 g/mol. The van der Waals surface area contributed by atoms with E-state index in [1.54, 1.807) is 12.1 Å². The van der Waals surface area contributed by atoms with Gasteiger partial charge in [0.2, 0.25) is 0 Å². The molecule has 1 N–H and O–H groups in total. The van der Waals surface area contributed by atoms with Gasteiger partial charge in [0, 0.05) is 0 Å². The van der Waals surface area contributed by atoms with Gasteiger partial charge in [-0.3, -0.25) is 4.79 Å². The van der Waals surface area contributed by atoms with Crippen molar-refractivity contribution in [2.75, 3.05) is 18.5 Å². The van der Waals surface area contributed by atoms with Crippen LogP contribution in [0.4, 0.5) is 5.69 Å². The Hall–Kier alpha value is -2.99. The van der Waals surface area contributed by atoms with E-state index >= 15 is 0 Å². The first-order chi connectivity index (χ1) is 12.7. The number of nitrogens with zero attached hydrogens (tertiary/aromatic N) is 2. The number of hydrogen-bond acceptors (Lipinski definition) is 5. The summed E-state index contributed by atoms with van der Waals surface area (Å²) in [7, 11) is 0. The van der Waals surface area contributed by atoms with Crippen LogP contribution in [0.3, 0.4) is 0 Å². The van der Waals surface area contributed by atoms with Gasteiger partial charge >= 0.3 is 0 Å². The first kappa shape index (κ1) is 16.5. The van der Waals surface area contributed by atoms with Crippen molar-refractivity contribution in [1.82, 2.24) is 9.78 Å². The van der Waals surface area contributed by atoms with E-state index in [0.29, 0.717) is 30.3 Å². The minimum absolute atomic E-state index is 0.0842. The predicted molar refractivity (Wildman–Crippen MR) is 99.7 cm³/mol. The zero-order valence-electron chi connectivity index (χ0n) is 13.8. The highest BCUT2D eigenvalue weighted by molar-refractivity contribution is 6.32. The van der Waals surface area contributed by atoms with Crippen LogP contribution >= 0.6 is 11.6 Å². The maximum Gasteiger partial charge on any atom is 0.292 e. The summed E-state index contributed by atoms with van der Waals surface area (Å²) in [6, 6.07) is 16.6. The molecule has 0 spiro atoms. The highest BCUT2D eigenvalue weighted by Crippen LogP contribution is 2.31. The molecule has 6 nitrogen and oxygen atoms in total. The van der Waals surface area contributed by atoms with Gasteiger partial charge in [0.1, 0.15) is 17.7 Å². The molecule has 2 aromatic carbocycles. The summed E-state index contributed by atoms with van der Waals surface area (Å²) in [5.41, 5.74) is 0.743. The Labute approximate surface area is 154 Å². The third kappa shape index (κ3) is 3.23. The number of rotatable bonds is 4. The third-order valence-corrected chi connectivity index (χ3v) is 4.37. The van der Waals surface area contributed by atoms with Gasteiger partial charge in [-0.1, -0.05) is 41.9 Å². The van der Waals surface area contributed by atoms with Crippen molar-refractivity contribution in [2.24, 2.45) is 0 Å². The number of para-hydroxylation sites is 3. The fourth-order valence-electron chi connectivity index (χ4n) is 2.70. The Morgan fingerprint density at radius 3 is 2.65 bits per heavy atom. The molecule has 2 heterocycles. The van der Waals surface area contributed by atoms with Crippen LogP contribution in [-0.4, -0.2) is 29.0 Å². The number of anilines is 1. The van der Waals surface area contributed by atoms with E-state index in [9.17, 15) is 4.79 Å². The number of halogens is 1. The standard InChI is InChI=1S/C19H16ClN3O3/c20-18-15(11-22-23(19(18)24)13-6-2-1-3-7-13)21-10-14-12-25-16-8-4-5-9-17(16)26-14/h1-9,11,14,21H,10,12H2/t14-/m0/s1. The molecule has 1 aliphatic rings. The summed E-state index contributed by atoms with van der Waals surface area (Å²) in [6.07, 6.45) is 1.34. The minimum atomic E-state index is -0.381. The summed E-state index contributed by atoms with van der Waals surface area (Å²) in [5, 5.41) is 7.40. The SMILES string of the molecule is O=c1c(Cl)c(NC[C@H]2COc3ccccc3O2)cnn1-c1ccccc1. The van der Waals surface area contributed by atoms with Gasteiger partial charge in [-0.15, -0.1) is 0 Å². The number of benzene rings is 2. The fourth-order valence-corrected chi connectivity index (χ4v) is 2.89. The van der Waals surface area contributed by atoms with Crippen LogP contribution < -0.4 is 20.3 Å². The number of nitrogens with one attached hydrogen (secondary N) is 1. The molecule has 132 valence electrons. The molecule has 26 heavy (non-hydrogen) atoms. The number of fused-ring (bicyclic) bond motifs is 1. The van der Waals surface area contributed by atoms with E-state index in [4.69, 9.17) is 21.1 Å². The number of aromatic nitrogens is 2. The molecule has 1 atom stereocenters. The van der Waals surface area contributed by atoms with Crippen molar-refractivity contribution < 1.29 is 9.47 Å². The van der Waals surface area contributed by atoms with Gasteiger partial charge in [-0.25, -0.2) is 0 Å². The summed E-state index contributed by atoms with van der Waals surface area (Å²) in [5.74, 6) is 1.43. The third-order valence-electron chi connectivity index (χ3n) is 4.01. The first-order valence-electron chi connectivity index (χ1n) is 8.18. The highest BCUT2D eigenvalue weighted by Gasteiger charge is 2.21. The van der Waals surface area contributed by atoms with Gasteiger partial charge in [-0.2, -0.15) is 9.78 Å². The maximum atomic E-state index is 12.5. The van der Waals surface area contributed by atoms with E-state index in [2.05, 4.69) is 10.4 Å². The molecule has 0 radical (unpaired) electrons. The lowest BCUT2D eigenvalue weighted by atomic mass is 10.2. The molecule has 0 saturated heterocycles. The Kier molecular flexibility index (Phi) is 4.50. The van der Waals surface area contributed by atoms with Gasteiger partial charge in [0.15, 0.2) is 11.5 Å². The Bertz CT molecular complexity index is 975. The van der Waals surface area contributed by atoms with E-state index in [0.717, 1.165) is 5.75 Å². The van der Waals surface area contributed by atoms with Crippen LogP contribution in [0.1, 0.15) is 0 Å². The molecule has 1 aromatic heterocycles. The smallest absolute Gasteiger partial charge is 0.292 e. The van der Waals surface area contributed by atoms with E-state index in [-0.39, 0.29) is 16.7 Å². The van der Waals surface area contributed by atoms with E-state index in [1.165, 1.54) is 10.9 Å². The second kappa shape index (κ2) is 7.09. The number of ether oxygens (including phenoxy) is 2. The Morgan fingerprint density at radius 1 is 1.12 bits per heavy atom. The quantitative estimate of drug-likeness (QED) is 0.765. The monoisotopic (exact) mass is 369 g/mol. The van der Waals surface area contributed by atoms with Crippen LogP contribution in [-0.2, 0) is 0 Å². The molecular weight excluding hydrogens is 354 g/mol. The Balaban J connectivity index is 1.48. The lowest BCUT2D eigenvalue weighted by Gasteiger charge is -2.26. The largest absolute Gasteiger partial charge is 0.486 e. The second-order valence-corrected chi connectivity index (χ2v) is 6.18. The normalized spacial score (nSPS) is 15.5. The van der Waals surface area contributed by atoms with Gasteiger partial charge in [0.25, 0.3) is 5.56 Å². The summed E-state index contributed by atoms with van der Waals surface area (Å²) < 4.78 is 12.8. The van der Waals surface area contributed by atoms with Crippen LogP contribution in [0.5, 0.6) is 11.5 Å².